The van der Waals surface area contributed by atoms with Gasteiger partial charge in [0.25, 0.3) is 5.91 Å². The zero-order chi connectivity index (χ0) is 23.7. The number of thiazole rings is 1. The summed E-state index contributed by atoms with van der Waals surface area (Å²) in [5, 5.41) is 21.0. The van der Waals surface area contributed by atoms with Gasteiger partial charge in [-0.3, -0.25) is 14.3 Å². The number of aromatic nitrogens is 3. The van der Waals surface area contributed by atoms with Crippen LogP contribution in [0.1, 0.15) is 52.2 Å². The van der Waals surface area contributed by atoms with Crippen LogP contribution in [0.5, 0.6) is 5.75 Å². The number of hydrogen-bond donors (Lipinski definition) is 3. The number of likely N-dealkylation sites (tertiary alicyclic amines) is 1. The van der Waals surface area contributed by atoms with Gasteiger partial charge >= 0.3 is 0 Å². The number of aromatic hydroxyl groups is 1. The molecular weight excluding hydrogens is 440 g/mol. The molecule has 174 valence electrons. The lowest BCUT2D eigenvalue weighted by atomic mass is 10.1. The van der Waals surface area contributed by atoms with Gasteiger partial charge in [-0.05, 0) is 52.2 Å². The van der Waals surface area contributed by atoms with Gasteiger partial charge < -0.3 is 20.6 Å². The highest BCUT2D eigenvalue weighted by molar-refractivity contribution is 7.17. The van der Waals surface area contributed by atoms with Crippen LogP contribution in [0.25, 0.3) is 0 Å². The summed E-state index contributed by atoms with van der Waals surface area (Å²) in [4.78, 5) is 32.1. The second kappa shape index (κ2) is 9.22. The van der Waals surface area contributed by atoms with Crippen molar-refractivity contribution in [2.24, 2.45) is 0 Å². The number of rotatable bonds is 6. The quantitative estimate of drug-likeness (QED) is 0.501. The first-order chi connectivity index (χ1) is 15.7. The standard InChI is InChI=1S/C23H28N6O3S/c1-13-7-8-17(30)15(3)19(13)25-21(31)18-11-24-23(33-18)26-20-14(2)12-29(27-20)16(4)22(32)28-9-5-6-10-28/h7-8,11-12,16,30H,5-6,9-10H2,1-4H3,(H,25,31)(H,24,26,27). The first kappa shape index (κ1) is 22.8. The number of phenolic OH excluding ortho intramolecular Hbond substituents is 1. The smallest absolute Gasteiger partial charge is 0.267 e. The van der Waals surface area contributed by atoms with Crippen LogP contribution >= 0.6 is 11.3 Å². The van der Waals surface area contributed by atoms with E-state index in [-0.39, 0.29) is 23.6 Å². The number of nitrogens with one attached hydrogen (secondary N) is 2. The van der Waals surface area contributed by atoms with Crippen molar-refractivity contribution >= 4 is 39.8 Å². The molecule has 1 saturated heterocycles. The molecule has 2 amide bonds. The minimum atomic E-state index is -0.385. The number of carbonyl (C=O) groups excluding carboxylic acids is 2. The van der Waals surface area contributed by atoms with Gasteiger partial charge in [-0.25, -0.2) is 4.98 Å². The first-order valence-electron chi connectivity index (χ1n) is 10.9. The van der Waals surface area contributed by atoms with Gasteiger partial charge in [-0.1, -0.05) is 17.4 Å². The Kier molecular flexibility index (Phi) is 6.37. The summed E-state index contributed by atoms with van der Waals surface area (Å²) in [6.07, 6.45) is 5.44. The molecule has 33 heavy (non-hydrogen) atoms. The second-order valence-corrected chi connectivity index (χ2v) is 9.39. The molecule has 0 spiro atoms. The minimum absolute atomic E-state index is 0.0762. The second-order valence-electron chi connectivity index (χ2n) is 8.36. The molecular formula is C23H28N6O3S. The van der Waals surface area contributed by atoms with E-state index in [2.05, 4.69) is 20.7 Å². The minimum Gasteiger partial charge on any atom is -0.508 e. The van der Waals surface area contributed by atoms with Crippen LogP contribution in [0.15, 0.2) is 24.5 Å². The molecule has 1 aliphatic rings. The summed E-state index contributed by atoms with van der Waals surface area (Å²) in [5.74, 6) is 0.500. The number of carbonyl (C=O) groups is 2. The van der Waals surface area contributed by atoms with E-state index in [0.29, 0.717) is 27.1 Å². The number of hydrogen-bond acceptors (Lipinski definition) is 7. The van der Waals surface area contributed by atoms with Crippen molar-refractivity contribution in [1.82, 2.24) is 19.7 Å². The molecule has 3 heterocycles. The summed E-state index contributed by atoms with van der Waals surface area (Å²) in [6.45, 7) is 9.00. The summed E-state index contributed by atoms with van der Waals surface area (Å²) in [6, 6.07) is 2.98. The molecule has 0 saturated carbocycles. The van der Waals surface area contributed by atoms with E-state index in [1.807, 2.05) is 31.9 Å². The van der Waals surface area contributed by atoms with Crippen molar-refractivity contribution in [3.63, 3.8) is 0 Å². The van der Waals surface area contributed by atoms with Crippen molar-refractivity contribution in [3.8, 4) is 5.75 Å². The molecule has 0 bridgehead atoms. The van der Waals surface area contributed by atoms with Crippen LogP contribution in [-0.2, 0) is 4.79 Å². The average molecular weight is 469 g/mol. The van der Waals surface area contributed by atoms with Crippen molar-refractivity contribution in [2.75, 3.05) is 23.7 Å². The van der Waals surface area contributed by atoms with E-state index in [1.165, 1.54) is 17.5 Å². The van der Waals surface area contributed by atoms with Crippen LogP contribution in [0.2, 0.25) is 0 Å². The highest BCUT2D eigenvalue weighted by atomic mass is 32.1. The van der Waals surface area contributed by atoms with Gasteiger partial charge in [0, 0.05) is 30.4 Å². The maximum Gasteiger partial charge on any atom is 0.267 e. The maximum atomic E-state index is 12.7. The van der Waals surface area contributed by atoms with Crippen LogP contribution in [0, 0.1) is 20.8 Å². The van der Waals surface area contributed by atoms with Crippen molar-refractivity contribution < 1.29 is 14.7 Å². The third-order valence-corrected chi connectivity index (χ3v) is 6.84. The Labute approximate surface area is 196 Å². The molecule has 0 radical (unpaired) electrons. The van der Waals surface area contributed by atoms with E-state index >= 15 is 0 Å². The van der Waals surface area contributed by atoms with Gasteiger partial charge in [-0.15, -0.1) is 0 Å². The van der Waals surface area contributed by atoms with Gasteiger partial charge in [0.2, 0.25) is 5.91 Å². The fourth-order valence-corrected chi connectivity index (χ4v) is 4.57. The molecule has 2 aromatic heterocycles. The summed E-state index contributed by atoms with van der Waals surface area (Å²) < 4.78 is 1.67. The fraction of sp³-hybridized carbons (Fsp3) is 0.391. The Bertz CT molecular complexity index is 1200. The van der Waals surface area contributed by atoms with Crippen LogP contribution in [-0.4, -0.2) is 49.7 Å². The number of phenols is 1. The number of anilines is 3. The number of aryl methyl sites for hydroxylation is 2. The van der Waals surface area contributed by atoms with Crippen molar-refractivity contribution in [3.05, 3.63) is 46.1 Å². The third-order valence-electron chi connectivity index (χ3n) is 5.92. The first-order valence-corrected chi connectivity index (χ1v) is 11.7. The summed E-state index contributed by atoms with van der Waals surface area (Å²) >= 11 is 1.20. The topological polar surface area (TPSA) is 112 Å². The Morgan fingerprint density at radius 1 is 1.15 bits per heavy atom. The molecule has 9 nitrogen and oxygen atoms in total. The van der Waals surface area contributed by atoms with Crippen molar-refractivity contribution in [2.45, 2.75) is 46.6 Å². The lowest BCUT2D eigenvalue weighted by molar-refractivity contribution is -0.133. The molecule has 1 unspecified atom stereocenters. The lowest BCUT2D eigenvalue weighted by Crippen LogP contribution is -2.34. The van der Waals surface area contributed by atoms with Gasteiger partial charge in [0.1, 0.15) is 16.7 Å². The zero-order valence-corrected chi connectivity index (χ0v) is 20.0. The average Bonchev–Trinajstić information content (AvgIpc) is 3.55. The van der Waals surface area contributed by atoms with E-state index < -0.39 is 0 Å². The number of amides is 2. The van der Waals surface area contributed by atoms with E-state index in [4.69, 9.17) is 0 Å². The third kappa shape index (κ3) is 4.70. The Morgan fingerprint density at radius 2 is 1.88 bits per heavy atom. The fourth-order valence-electron chi connectivity index (χ4n) is 3.86. The predicted octanol–water partition coefficient (Wildman–Crippen LogP) is 4.15. The van der Waals surface area contributed by atoms with Crippen LogP contribution in [0.4, 0.5) is 16.6 Å². The van der Waals surface area contributed by atoms with Gasteiger partial charge in [0.15, 0.2) is 10.9 Å². The van der Waals surface area contributed by atoms with Crippen LogP contribution < -0.4 is 10.6 Å². The maximum absolute atomic E-state index is 12.7. The van der Waals surface area contributed by atoms with Crippen LogP contribution in [0.3, 0.4) is 0 Å². The molecule has 1 fully saturated rings. The largest absolute Gasteiger partial charge is 0.508 e. The number of benzene rings is 1. The molecule has 1 aliphatic heterocycles. The molecule has 1 atom stereocenters. The zero-order valence-electron chi connectivity index (χ0n) is 19.2. The molecule has 10 heteroatoms. The summed E-state index contributed by atoms with van der Waals surface area (Å²) in [7, 11) is 0. The monoisotopic (exact) mass is 468 g/mol. The SMILES string of the molecule is Cc1cn(C(C)C(=O)N2CCCC2)nc1Nc1ncc(C(=O)Nc2c(C)ccc(O)c2C)s1. The highest BCUT2D eigenvalue weighted by Gasteiger charge is 2.25. The normalized spacial score (nSPS) is 14.4. The van der Waals surface area contributed by atoms with E-state index in [1.54, 1.807) is 23.7 Å². The summed E-state index contributed by atoms with van der Waals surface area (Å²) in [5.41, 5.74) is 2.95. The molecule has 3 aromatic rings. The number of nitrogens with zero attached hydrogens (tertiary/aromatic N) is 4. The predicted molar refractivity (Wildman–Crippen MR) is 128 cm³/mol. The Hall–Kier alpha value is -3.40. The lowest BCUT2D eigenvalue weighted by Gasteiger charge is -2.20. The Morgan fingerprint density at radius 3 is 2.61 bits per heavy atom. The van der Waals surface area contributed by atoms with Crippen molar-refractivity contribution in [1.29, 1.82) is 0 Å². The van der Waals surface area contributed by atoms with E-state index in [0.717, 1.165) is 37.1 Å². The molecule has 4 rings (SSSR count). The molecule has 1 aromatic carbocycles. The molecule has 0 aliphatic carbocycles. The molecule has 3 N–H and O–H groups in total. The van der Waals surface area contributed by atoms with Gasteiger partial charge in [-0.2, -0.15) is 5.10 Å². The highest BCUT2D eigenvalue weighted by Crippen LogP contribution is 2.30. The Balaban J connectivity index is 1.45. The van der Waals surface area contributed by atoms with E-state index in [9.17, 15) is 14.7 Å². The van der Waals surface area contributed by atoms with Gasteiger partial charge in [0.05, 0.1) is 11.9 Å².